The Kier molecular flexibility index (Phi) is 7.46. The fraction of sp³-hybridized carbons (Fsp3) is 0.786. The molecule has 0 radical (unpaired) electrons. The summed E-state index contributed by atoms with van der Waals surface area (Å²) in [6.07, 6.45) is -0.812. The van der Waals surface area contributed by atoms with Gasteiger partial charge < -0.3 is 28.8 Å². The van der Waals surface area contributed by atoms with E-state index >= 15 is 0 Å². The lowest BCUT2D eigenvalue weighted by molar-refractivity contribution is -0.232. The van der Waals surface area contributed by atoms with E-state index in [1.54, 1.807) is 6.92 Å². The number of fused-ring (bicyclic) bond motifs is 1. The van der Waals surface area contributed by atoms with Crippen LogP contribution in [0.5, 0.6) is 0 Å². The average Bonchev–Trinajstić information content (AvgIpc) is 3.40. The van der Waals surface area contributed by atoms with Gasteiger partial charge in [0, 0.05) is 38.0 Å². The zero-order chi connectivity index (χ0) is 28.2. The van der Waals surface area contributed by atoms with Crippen molar-refractivity contribution in [2.24, 2.45) is 17.3 Å². The molecule has 3 fully saturated rings. The summed E-state index contributed by atoms with van der Waals surface area (Å²) in [4.78, 5) is 50.8. The zero-order valence-electron chi connectivity index (χ0n) is 23.3. The van der Waals surface area contributed by atoms with Crippen LogP contribution in [0.4, 0.5) is 0 Å². The molecule has 10 atom stereocenters. The van der Waals surface area contributed by atoms with Gasteiger partial charge >= 0.3 is 23.9 Å². The van der Waals surface area contributed by atoms with Gasteiger partial charge in [0.25, 0.3) is 0 Å². The van der Waals surface area contributed by atoms with Crippen molar-refractivity contribution in [3.05, 3.63) is 11.6 Å². The van der Waals surface area contributed by atoms with Crippen LogP contribution in [0.3, 0.4) is 0 Å². The Morgan fingerprint density at radius 1 is 1.11 bits per heavy atom. The SMILES string of the molecule is CCCC(=O)O[C@@H]1CC/C(C)=C\[C@@H]2OC(=O)[C@]3(C)O[C@]23[C@H](OC(C)=O)[C@H]2[C@@H](C)[C@H](O)C[C@H](OC(C)=O)[C@@]21C. The molecule has 1 N–H and O–H groups in total. The summed E-state index contributed by atoms with van der Waals surface area (Å²) < 4.78 is 29.9. The smallest absolute Gasteiger partial charge is 0.342 e. The Labute approximate surface area is 223 Å². The fourth-order valence-electron chi connectivity index (χ4n) is 7.14. The number of hydrogen-bond acceptors (Lipinski definition) is 10. The van der Waals surface area contributed by atoms with Crippen LogP contribution in [0.25, 0.3) is 0 Å². The molecule has 2 saturated heterocycles. The van der Waals surface area contributed by atoms with Crippen molar-refractivity contribution in [1.29, 1.82) is 0 Å². The third-order valence-corrected chi connectivity index (χ3v) is 9.17. The molecule has 0 aromatic heterocycles. The van der Waals surface area contributed by atoms with Gasteiger partial charge in [0.1, 0.15) is 18.3 Å². The van der Waals surface area contributed by atoms with E-state index in [2.05, 4.69) is 0 Å². The molecule has 212 valence electrons. The van der Waals surface area contributed by atoms with Gasteiger partial charge in [0.15, 0.2) is 17.3 Å². The molecule has 10 heteroatoms. The third kappa shape index (κ3) is 4.33. The number of carbonyl (C=O) groups is 4. The summed E-state index contributed by atoms with van der Waals surface area (Å²) in [5.41, 5.74) is -2.95. The highest BCUT2D eigenvalue weighted by Crippen LogP contribution is 2.65. The highest BCUT2D eigenvalue weighted by atomic mass is 16.7. The normalized spacial score (nSPS) is 45.2. The first kappa shape index (κ1) is 28.5. The molecule has 4 rings (SSSR count). The summed E-state index contributed by atoms with van der Waals surface area (Å²) in [5.74, 6) is -3.33. The lowest BCUT2D eigenvalue weighted by atomic mass is 9.53. The first-order chi connectivity index (χ1) is 17.7. The number of esters is 4. The molecule has 10 nitrogen and oxygen atoms in total. The molecular weight excluding hydrogens is 496 g/mol. The van der Waals surface area contributed by atoms with Crippen molar-refractivity contribution in [2.45, 2.75) is 122 Å². The second kappa shape index (κ2) is 9.93. The van der Waals surface area contributed by atoms with Gasteiger partial charge in [-0.15, -0.1) is 0 Å². The van der Waals surface area contributed by atoms with Crippen LogP contribution in [0.1, 0.15) is 80.6 Å². The molecule has 38 heavy (non-hydrogen) atoms. The van der Waals surface area contributed by atoms with E-state index in [-0.39, 0.29) is 18.8 Å². The summed E-state index contributed by atoms with van der Waals surface area (Å²) in [6.45, 7) is 11.6. The van der Waals surface area contributed by atoms with Crippen molar-refractivity contribution in [1.82, 2.24) is 0 Å². The molecular formula is C28H40O10. The van der Waals surface area contributed by atoms with E-state index in [9.17, 15) is 24.3 Å². The number of aliphatic hydroxyl groups excluding tert-OH is 1. The van der Waals surface area contributed by atoms with Gasteiger partial charge in [-0.3, -0.25) is 14.4 Å². The lowest BCUT2D eigenvalue weighted by Crippen LogP contribution is -2.66. The first-order valence-electron chi connectivity index (χ1n) is 13.5. The first-order valence-corrected chi connectivity index (χ1v) is 13.5. The number of allylic oxidation sites excluding steroid dienone is 1. The van der Waals surface area contributed by atoms with E-state index in [1.165, 1.54) is 13.8 Å². The van der Waals surface area contributed by atoms with Gasteiger partial charge in [-0.05, 0) is 45.1 Å². The van der Waals surface area contributed by atoms with Crippen LogP contribution < -0.4 is 0 Å². The second-order valence-electron chi connectivity index (χ2n) is 11.7. The second-order valence-corrected chi connectivity index (χ2v) is 11.7. The maximum absolute atomic E-state index is 13.0. The number of ether oxygens (including phenoxy) is 5. The molecule has 0 aromatic rings. The minimum Gasteiger partial charge on any atom is -0.462 e. The minimum absolute atomic E-state index is 0.112. The largest absolute Gasteiger partial charge is 0.462 e. The van der Waals surface area contributed by atoms with Crippen molar-refractivity contribution in [3.63, 3.8) is 0 Å². The molecule has 2 aliphatic carbocycles. The maximum atomic E-state index is 13.0. The lowest BCUT2D eigenvalue weighted by Gasteiger charge is -2.56. The van der Waals surface area contributed by atoms with E-state index in [4.69, 9.17) is 23.7 Å². The Hall–Kier alpha value is -2.46. The topological polar surface area (TPSA) is 138 Å². The molecule has 1 saturated carbocycles. The number of hydrogen-bond donors (Lipinski definition) is 1. The van der Waals surface area contributed by atoms with Gasteiger partial charge in [-0.2, -0.15) is 0 Å². The standard InChI is InChI=1S/C28H40O10/c1-8-9-22(32)36-19-11-10-14(2)12-21-28(27(7,38-28)25(33)37-21)24(35-17(5)30)23-15(3)18(31)13-20(26(19,23)6)34-16(4)29/h12,15,18-21,23-24,31H,8-11,13H2,1-7H3/b14-12-/t15-,18+,19+,20-,21-,23+,24+,26-,27-,28-/m0/s1. The number of carbonyl (C=O) groups excluding carboxylic acids is 4. The van der Waals surface area contributed by atoms with Crippen LogP contribution in [-0.2, 0) is 42.9 Å². The summed E-state index contributed by atoms with van der Waals surface area (Å²) in [7, 11) is 0. The Balaban J connectivity index is 1.96. The van der Waals surface area contributed by atoms with Crippen LogP contribution >= 0.6 is 0 Å². The van der Waals surface area contributed by atoms with Crippen molar-refractivity contribution in [3.8, 4) is 0 Å². The zero-order valence-corrected chi connectivity index (χ0v) is 23.3. The molecule has 2 heterocycles. The van der Waals surface area contributed by atoms with Crippen molar-refractivity contribution in [2.75, 3.05) is 0 Å². The molecule has 4 aliphatic rings. The highest BCUT2D eigenvalue weighted by molar-refractivity contribution is 5.89. The van der Waals surface area contributed by atoms with Crippen LogP contribution in [0.15, 0.2) is 11.6 Å². The predicted molar refractivity (Wildman–Crippen MR) is 132 cm³/mol. The van der Waals surface area contributed by atoms with E-state index in [1.807, 2.05) is 33.8 Å². The van der Waals surface area contributed by atoms with E-state index < -0.39 is 76.9 Å². The maximum Gasteiger partial charge on any atom is 0.342 e. The van der Waals surface area contributed by atoms with Gasteiger partial charge in [0.2, 0.25) is 0 Å². The molecule has 0 amide bonds. The van der Waals surface area contributed by atoms with Gasteiger partial charge in [-0.1, -0.05) is 26.3 Å². The van der Waals surface area contributed by atoms with E-state index in [0.717, 1.165) is 5.57 Å². The summed E-state index contributed by atoms with van der Waals surface area (Å²) in [6, 6.07) is 0. The van der Waals surface area contributed by atoms with Crippen LogP contribution in [0.2, 0.25) is 0 Å². The minimum atomic E-state index is -1.37. The quantitative estimate of drug-likeness (QED) is 0.242. The Morgan fingerprint density at radius 2 is 1.76 bits per heavy atom. The summed E-state index contributed by atoms with van der Waals surface area (Å²) >= 11 is 0. The monoisotopic (exact) mass is 536 g/mol. The Morgan fingerprint density at radius 3 is 2.34 bits per heavy atom. The summed E-state index contributed by atoms with van der Waals surface area (Å²) in [5, 5.41) is 11.2. The van der Waals surface area contributed by atoms with Crippen LogP contribution in [-0.4, -0.2) is 70.7 Å². The van der Waals surface area contributed by atoms with Gasteiger partial charge in [-0.25, -0.2) is 4.79 Å². The number of epoxide rings is 1. The predicted octanol–water partition coefficient (Wildman–Crippen LogP) is 2.78. The average molecular weight is 537 g/mol. The van der Waals surface area contributed by atoms with Crippen LogP contribution in [0, 0.1) is 17.3 Å². The molecule has 0 bridgehead atoms. The molecule has 0 unspecified atom stereocenters. The number of aliphatic hydroxyl groups is 1. The van der Waals surface area contributed by atoms with Gasteiger partial charge in [0.05, 0.1) is 6.10 Å². The third-order valence-electron chi connectivity index (χ3n) is 9.17. The van der Waals surface area contributed by atoms with Crippen molar-refractivity contribution < 1.29 is 48.0 Å². The molecule has 1 spiro atoms. The number of rotatable bonds is 5. The Bertz CT molecular complexity index is 1040. The van der Waals surface area contributed by atoms with Crippen molar-refractivity contribution >= 4 is 23.9 Å². The highest BCUT2D eigenvalue weighted by Gasteiger charge is 2.87. The van der Waals surface area contributed by atoms with E-state index in [0.29, 0.717) is 19.3 Å². The molecule has 2 aliphatic heterocycles. The fourth-order valence-corrected chi connectivity index (χ4v) is 7.14. The molecule has 0 aromatic carbocycles.